The fraction of sp³-hybridized carbons (Fsp3) is 0.667. The SMILES string of the molecule is CCCCCCCC.CCc1ccccc1CC. The molecule has 0 spiro atoms. The zero-order valence-electron chi connectivity index (χ0n) is 13.0. The van der Waals surface area contributed by atoms with Crippen LogP contribution in [-0.2, 0) is 12.8 Å². The Kier molecular flexibility index (Phi) is 12.1. The van der Waals surface area contributed by atoms with Crippen molar-refractivity contribution in [2.45, 2.75) is 79.1 Å². The Balaban J connectivity index is 0.000000331. The lowest BCUT2D eigenvalue weighted by atomic mass is 10.0. The van der Waals surface area contributed by atoms with Crippen LogP contribution in [0.3, 0.4) is 0 Å². The number of aryl methyl sites for hydroxylation is 2. The van der Waals surface area contributed by atoms with Gasteiger partial charge in [0.15, 0.2) is 0 Å². The predicted octanol–water partition coefficient (Wildman–Crippen LogP) is 6.18. The van der Waals surface area contributed by atoms with Gasteiger partial charge in [-0.25, -0.2) is 0 Å². The Morgan fingerprint density at radius 1 is 0.611 bits per heavy atom. The van der Waals surface area contributed by atoms with Crippen LogP contribution >= 0.6 is 0 Å². The van der Waals surface area contributed by atoms with Crippen LogP contribution in [0, 0.1) is 0 Å². The molecule has 1 rings (SSSR count). The van der Waals surface area contributed by atoms with Gasteiger partial charge in [-0.05, 0) is 24.0 Å². The molecule has 0 aromatic heterocycles. The lowest BCUT2D eigenvalue weighted by molar-refractivity contribution is 0.624. The summed E-state index contributed by atoms with van der Waals surface area (Å²) >= 11 is 0. The summed E-state index contributed by atoms with van der Waals surface area (Å²) in [5.41, 5.74) is 2.98. The van der Waals surface area contributed by atoms with E-state index in [1.807, 2.05) is 0 Å². The number of hydrogen-bond acceptors (Lipinski definition) is 0. The second kappa shape index (κ2) is 12.7. The van der Waals surface area contributed by atoms with E-state index < -0.39 is 0 Å². The molecular weight excluding hydrogens is 216 g/mol. The Hall–Kier alpha value is -0.780. The molecule has 0 aliphatic rings. The van der Waals surface area contributed by atoms with E-state index in [1.165, 1.54) is 49.7 Å². The van der Waals surface area contributed by atoms with Gasteiger partial charge in [-0.15, -0.1) is 0 Å². The van der Waals surface area contributed by atoms with Gasteiger partial charge in [0.2, 0.25) is 0 Å². The highest BCUT2D eigenvalue weighted by Crippen LogP contribution is 2.09. The van der Waals surface area contributed by atoms with Crippen LogP contribution in [-0.4, -0.2) is 0 Å². The standard InChI is InChI=1S/C10H14.C8H18/c1-3-9-7-5-6-8-10(9)4-2;1-3-5-7-8-6-4-2/h5-8H,3-4H2,1-2H3;3-8H2,1-2H3. The minimum atomic E-state index is 1.16. The monoisotopic (exact) mass is 248 g/mol. The predicted molar refractivity (Wildman–Crippen MR) is 84.2 cm³/mol. The van der Waals surface area contributed by atoms with Crippen LogP contribution < -0.4 is 0 Å². The van der Waals surface area contributed by atoms with E-state index in [2.05, 4.69) is 52.0 Å². The highest BCUT2D eigenvalue weighted by molar-refractivity contribution is 5.26. The maximum Gasteiger partial charge on any atom is -0.0305 e. The largest absolute Gasteiger partial charge is 0.0654 e. The van der Waals surface area contributed by atoms with Gasteiger partial charge in [0.05, 0.1) is 0 Å². The molecule has 0 nitrogen and oxygen atoms in total. The minimum Gasteiger partial charge on any atom is -0.0654 e. The van der Waals surface area contributed by atoms with Crippen molar-refractivity contribution in [3.05, 3.63) is 35.4 Å². The van der Waals surface area contributed by atoms with Crippen LogP contribution in [0.4, 0.5) is 0 Å². The van der Waals surface area contributed by atoms with Crippen molar-refractivity contribution < 1.29 is 0 Å². The molecule has 0 saturated heterocycles. The van der Waals surface area contributed by atoms with Gasteiger partial charge in [0.1, 0.15) is 0 Å². The van der Waals surface area contributed by atoms with Gasteiger partial charge in [-0.3, -0.25) is 0 Å². The second-order valence-electron chi connectivity index (χ2n) is 4.89. The molecule has 1 aromatic rings. The first kappa shape index (κ1) is 17.2. The van der Waals surface area contributed by atoms with Crippen molar-refractivity contribution in [1.82, 2.24) is 0 Å². The Bertz CT molecular complexity index is 246. The molecule has 1 aromatic carbocycles. The van der Waals surface area contributed by atoms with Crippen molar-refractivity contribution in [1.29, 1.82) is 0 Å². The number of rotatable bonds is 7. The van der Waals surface area contributed by atoms with Crippen LogP contribution in [0.5, 0.6) is 0 Å². The van der Waals surface area contributed by atoms with E-state index in [0.717, 1.165) is 12.8 Å². The third-order valence-electron chi connectivity index (χ3n) is 3.34. The molecule has 0 N–H and O–H groups in total. The van der Waals surface area contributed by atoms with E-state index >= 15 is 0 Å². The van der Waals surface area contributed by atoms with E-state index in [4.69, 9.17) is 0 Å². The van der Waals surface area contributed by atoms with Crippen LogP contribution in [0.25, 0.3) is 0 Å². The summed E-state index contributed by atoms with van der Waals surface area (Å²) in [7, 11) is 0. The summed E-state index contributed by atoms with van der Waals surface area (Å²) in [4.78, 5) is 0. The summed E-state index contributed by atoms with van der Waals surface area (Å²) in [6.07, 6.45) is 10.8. The van der Waals surface area contributed by atoms with Gasteiger partial charge in [0, 0.05) is 0 Å². The zero-order chi connectivity index (χ0) is 13.6. The first-order valence-electron chi connectivity index (χ1n) is 7.86. The van der Waals surface area contributed by atoms with Gasteiger partial charge in [-0.1, -0.05) is 90.5 Å². The third-order valence-corrected chi connectivity index (χ3v) is 3.34. The lowest BCUT2D eigenvalue weighted by Crippen LogP contribution is -1.88. The summed E-state index contributed by atoms with van der Waals surface area (Å²) in [5.74, 6) is 0. The quantitative estimate of drug-likeness (QED) is 0.505. The molecule has 0 heterocycles. The summed E-state index contributed by atoms with van der Waals surface area (Å²) in [6.45, 7) is 8.92. The maximum absolute atomic E-state index is 2.26. The number of hydrogen-bond donors (Lipinski definition) is 0. The maximum atomic E-state index is 2.26. The van der Waals surface area contributed by atoms with E-state index in [-0.39, 0.29) is 0 Å². The van der Waals surface area contributed by atoms with Crippen molar-refractivity contribution in [2.24, 2.45) is 0 Å². The molecule has 0 fully saturated rings. The molecule has 0 saturated carbocycles. The Morgan fingerprint density at radius 2 is 1.00 bits per heavy atom. The molecular formula is C18H32. The fourth-order valence-corrected chi connectivity index (χ4v) is 2.10. The molecule has 0 radical (unpaired) electrons. The average Bonchev–Trinajstić information content (AvgIpc) is 2.44. The zero-order valence-corrected chi connectivity index (χ0v) is 13.0. The van der Waals surface area contributed by atoms with E-state index in [9.17, 15) is 0 Å². The molecule has 0 heteroatoms. The normalized spacial score (nSPS) is 9.78. The Labute approximate surface area is 115 Å². The van der Waals surface area contributed by atoms with Crippen LogP contribution in [0.1, 0.15) is 77.3 Å². The molecule has 104 valence electrons. The van der Waals surface area contributed by atoms with Crippen LogP contribution in [0.2, 0.25) is 0 Å². The van der Waals surface area contributed by atoms with E-state index in [1.54, 1.807) is 0 Å². The lowest BCUT2D eigenvalue weighted by Gasteiger charge is -2.02. The summed E-state index contributed by atoms with van der Waals surface area (Å²) in [6, 6.07) is 8.63. The molecule has 0 aliphatic carbocycles. The smallest absolute Gasteiger partial charge is 0.0305 e. The first-order chi connectivity index (χ1) is 8.79. The van der Waals surface area contributed by atoms with Crippen molar-refractivity contribution in [2.75, 3.05) is 0 Å². The van der Waals surface area contributed by atoms with Crippen molar-refractivity contribution >= 4 is 0 Å². The molecule has 0 aliphatic heterocycles. The second-order valence-corrected chi connectivity index (χ2v) is 4.89. The third kappa shape index (κ3) is 8.33. The van der Waals surface area contributed by atoms with Crippen molar-refractivity contribution in [3.8, 4) is 0 Å². The highest BCUT2D eigenvalue weighted by Gasteiger charge is 1.93. The average molecular weight is 248 g/mol. The molecule has 0 atom stereocenters. The fourth-order valence-electron chi connectivity index (χ4n) is 2.10. The molecule has 18 heavy (non-hydrogen) atoms. The van der Waals surface area contributed by atoms with E-state index in [0.29, 0.717) is 0 Å². The van der Waals surface area contributed by atoms with Gasteiger partial charge < -0.3 is 0 Å². The topological polar surface area (TPSA) is 0 Å². The van der Waals surface area contributed by atoms with Gasteiger partial charge in [0.25, 0.3) is 0 Å². The highest BCUT2D eigenvalue weighted by atomic mass is 14.0. The van der Waals surface area contributed by atoms with Crippen molar-refractivity contribution in [3.63, 3.8) is 0 Å². The summed E-state index contributed by atoms with van der Waals surface area (Å²) in [5, 5.41) is 0. The molecule has 0 bridgehead atoms. The molecule has 0 unspecified atom stereocenters. The van der Waals surface area contributed by atoms with Crippen LogP contribution in [0.15, 0.2) is 24.3 Å². The first-order valence-corrected chi connectivity index (χ1v) is 7.86. The summed E-state index contributed by atoms with van der Waals surface area (Å²) < 4.78 is 0. The Morgan fingerprint density at radius 3 is 1.28 bits per heavy atom. The molecule has 0 amide bonds. The number of benzene rings is 1. The van der Waals surface area contributed by atoms with Gasteiger partial charge >= 0.3 is 0 Å². The minimum absolute atomic E-state index is 1.16. The van der Waals surface area contributed by atoms with Gasteiger partial charge in [-0.2, -0.15) is 0 Å². The number of unbranched alkanes of at least 4 members (excludes halogenated alkanes) is 5.